The third-order valence-corrected chi connectivity index (χ3v) is 3.75. The van der Waals surface area contributed by atoms with Crippen LogP contribution in [0.15, 0.2) is 40.3 Å². The topological polar surface area (TPSA) is 81.0 Å². The number of hydrogen-bond donors (Lipinski definition) is 1. The summed E-state index contributed by atoms with van der Waals surface area (Å²) in [6.07, 6.45) is 0. The molecule has 21 heavy (non-hydrogen) atoms. The third-order valence-electron chi connectivity index (χ3n) is 2.77. The molecule has 1 heterocycles. The van der Waals surface area contributed by atoms with Crippen molar-refractivity contribution < 1.29 is 4.92 Å². The smallest absolute Gasteiger partial charge is 0.283 e. The SMILES string of the molecule is CNc1cc(Sc2ccccc2[N+](=O)[O-])nc(C(C)C)n1. The summed E-state index contributed by atoms with van der Waals surface area (Å²) < 4.78 is 0. The van der Waals surface area contributed by atoms with Gasteiger partial charge >= 0.3 is 0 Å². The van der Waals surface area contributed by atoms with Gasteiger partial charge in [0.1, 0.15) is 16.7 Å². The zero-order chi connectivity index (χ0) is 15.4. The minimum atomic E-state index is -0.383. The normalized spacial score (nSPS) is 10.7. The average Bonchev–Trinajstić information content (AvgIpc) is 2.47. The molecule has 6 nitrogen and oxygen atoms in total. The van der Waals surface area contributed by atoms with Crippen molar-refractivity contribution >= 4 is 23.3 Å². The van der Waals surface area contributed by atoms with Crippen molar-refractivity contribution in [1.82, 2.24) is 9.97 Å². The monoisotopic (exact) mass is 304 g/mol. The lowest BCUT2D eigenvalue weighted by molar-refractivity contribution is -0.387. The first kappa shape index (κ1) is 15.2. The minimum Gasteiger partial charge on any atom is -0.373 e. The number of aromatic nitrogens is 2. The average molecular weight is 304 g/mol. The maximum Gasteiger partial charge on any atom is 0.283 e. The number of para-hydroxylation sites is 1. The fourth-order valence-corrected chi connectivity index (χ4v) is 2.62. The van der Waals surface area contributed by atoms with E-state index in [1.54, 1.807) is 31.3 Å². The first-order valence-corrected chi connectivity index (χ1v) is 7.31. The largest absolute Gasteiger partial charge is 0.373 e. The van der Waals surface area contributed by atoms with Gasteiger partial charge in [0.2, 0.25) is 0 Å². The van der Waals surface area contributed by atoms with Crippen LogP contribution in [0.2, 0.25) is 0 Å². The van der Waals surface area contributed by atoms with E-state index in [-0.39, 0.29) is 16.5 Å². The van der Waals surface area contributed by atoms with Gasteiger partial charge in [-0.05, 0) is 6.07 Å². The van der Waals surface area contributed by atoms with Crippen molar-refractivity contribution in [3.8, 4) is 0 Å². The summed E-state index contributed by atoms with van der Waals surface area (Å²) in [4.78, 5) is 20.1. The second-order valence-corrected chi connectivity index (χ2v) is 5.74. The summed E-state index contributed by atoms with van der Waals surface area (Å²) in [6.45, 7) is 4.02. The molecule has 0 amide bonds. The fraction of sp³-hybridized carbons (Fsp3) is 0.286. The molecule has 0 bridgehead atoms. The Bertz CT molecular complexity index is 661. The van der Waals surface area contributed by atoms with Crippen molar-refractivity contribution in [2.45, 2.75) is 29.7 Å². The van der Waals surface area contributed by atoms with Crippen molar-refractivity contribution in [1.29, 1.82) is 0 Å². The molecule has 7 heteroatoms. The Hall–Kier alpha value is -2.15. The first-order valence-electron chi connectivity index (χ1n) is 6.49. The Labute approximate surface area is 127 Å². The molecule has 0 aliphatic rings. The van der Waals surface area contributed by atoms with Gasteiger partial charge in [0.15, 0.2) is 0 Å². The predicted molar refractivity (Wildman–Crippen MR) is 82.9 cm³/mol. The van der Waals surface area contributed by atoms with Gasteiger partial charge < -0.3 is 5.32 Å². The first-order chi connectivity index (χ1) is 10.0. The van der Waals surface area contributed by atoms with Crippen LogP contribution >= 0.6 is 11.8 Å². The van der Waals surface area contributed by atoms with Crippen molar-refractivity contribution in [3.63, 3.8) is 0 Å². The number of hydrogen-bond acceptors (Lipinski definition) is 6. The van der Waals surface area contributed by atoms with Crippen LogP contribution < -0.4 is 5.32 Å². The van der Waals surface area contributed by atoms with Crippen LogP contribution in [-0.4, -0.2) is 21.9 Å². The van der Waals surface area contributed by atoms with E-state index >= 15 is 0 Å². The number of benzene rings is 1. The highest BCUT2D eigenvalue weighted by atomic mass is 32.2. The Morgan fingerprint density at radius 3 is 2.62 bits per heavy atom. The molecule has 0 fully saturated rings. The summed E-state index contributed by atoms with van der Waals surface area (Å²) in [6, 6.07) is 8.43. The van der Waals surface area contributed by atoms with Gasteiger partial charge in [0, 0.05) is 25.1 Å². The summed E-state index contributed by atoms with van der Waals surface area (Å²) in [5.41, 5.74) is 0.0817. The van der Waals surface area contributed by atoms with E-state index in [2.05, 4.69) is 15.3 Å². The highest BCUT2D eigenvalue weighted by Gasteiger charge is 2.15. The van der Waals surface area contributed by atoms with E-state index in [9.17, 15) is 10.1 Å². The molecule has 2 rings (SSSR count). The number of anilines is 1. The van der Waals surface area contributed by atoms with E-state index < -0.39 is 0 Å². The molecular formula is C14H16N4O2S. The van der Waals surface area contributed by atoms with Crippen molar-refractivity contribution in [2.75, 3.05) is 12.4 Å². The van der Waals surface area contributed by atoms with E-state index in [0.717, 1.165) is 0 Å². The van der Waals surface area contributed by atoms with Gasteiger partial charge in [0.05, 0.1) is 9.82 Å². The Morgan fingerprint density at radius 2 is 2.00 bits per heavy atom. The lowest BCUT2D eigenvalue weighted by Gasteiger charge is -2.09. The molecule has 0 unspecified atom stereocenters. The molecular weight excluding hydrogens is 288 g/mol. The van der Waals surface area contributed by atoms with Crippen LogP contribution in [0.3, 0.4) is 0 Å². The predicted octanol–water partition coefficient (Wildman–Crippen LogP) is 3.70. The number of nitrogens with zero attached hydrogens (tertiary/aromatic N) is 3. The van der Waals surface area contributed by atoms with Gasteiger partial charge in [-0.1, -0.05) is 37.7 Å². The molecule has 1 aromatic carbocycles. The fourth-order valence-electron chi connectivity index (χ4n) is 1.69. The highest BCUT2D eigenvalue weighted by Crippen LogP contribution is 2.34. The van der Waals surface area contributed by atoms with Crippen LogP contribution in [0.4, 0.5) is 11.5 Å². The standard InChI is InChI=1S/C14H16N4O2S/c1-9(2)14-16-12(15-3)8-13(17-14)21-11-7-5-4-6-10(11)18(19)20/h4-9H,1-3H3,(H,15,16,17). The van der Waals surface area contributed by atoms with Gasteiger partial charge in [-0.2, -0.15) is 0 Å². The molecule has 0 saturated heterocycles. The van der Waals surface area contributed by atoms with Crippen LogP contribution in [0.1, 0.15) is 25.6 Å². The maximum atomic E-state index is 11.1. The molecule has 0 aliphatic heterocycles. The second-order valence-electron chi connectivity index (χ2n) is 4.68. The van der Waals surface area contributed by atoms with E-state index in [4.69, 9.17) is 0 Å². The van der Waals surface area contributed by atoms with Gasteiger partial charge in [-0.15, -0.1) is 0 Å². The lowest BCUT2D eigenvalue weighted by Crippen LogP contribution is -2.03. The number of nitro benzene ring substituents is 1. The van der Waals surface area contributed by atoms with E-state index in [0.29, 0.717) is 21.6 Å². The molecule has 1 aromatic heterocycles. The van der Waals surface area contributed by atoms with Gasteiger partial charge in [-0.3, -0.25) is 10.1 Å². The molecule has 0 radical (unpaired) electrons. The second kappa shape index (κ2) is 6.53. The highest BCUT2D eigenvalue weighted by molar-refractivity contribution is 7.99. The summed E-state index contributed by atoms with van der Waals surface area (Å²) in [5, 5.41) is 14.7. The van der Waals surface area contributed by atoms with Gasteiger partial charge in [0.25, 0.3) is 5.69 Å². The number of rotatable bonds is 5. The van der Waals surface area contributed by atoms with Crippen LogP contribution in [0.5, 0.6) is 0 Å². The molecule has 0 spiro atoms. The Kier molecular flexibility index (Phi) is 4.74. The van der Waals surface area contributed by atoms with Crippen LogP contribution in [0, 0.1) is 10.1 Å². The summed E-state index contributed by atoms with van der Waals surface area (Å²) in [7, 11) is 1.78. The molecule has 1 N–H and O–H groups in total. The third kappa shape index (κ3) is 3.69. The van der Waals surface area contributed by atoms with E-state index in [1.165, 1.54) is 17.8 Å². The van der Waals surface area contributed by atoms with Crippen LogP contribution in [0.25, 0.3) is 0 Å². The molecule has 0 saturated carbocycles. The lowest BCUT2D eigenvalue weighted by atomic mass is 10.2. The number of nitrogens with one attached hydrogen (secondary N) is 1. The zero-order valence-corrected chi connectivity index (χ0v) is 12.8. The Balaban J connectivity index is 2.40. The molecule has 0 aliphatic carbocycles. The molecule has 2 aromatic rings. The van der Waals surface area contributed by atoms with Crippen molar-refractivity contribution in [2.24, 2.45) is 0 Å². The number of nitro groups is 1. The molecule has 0 atom stereocenters. The Morgan fingerprint density at radius 1 is 1.29 bits per heavy atom. The van der Waals surface area contributed by atoms with E-state index in [1.807, 2.05) is 13.8 Å². The molecule has 110 valence electrons. The summed E-state index contributed by atoms with van der Waals surface area (Å²) >= 11 is 1.27. The maximum absolute atomic E-state index is 11.1. The van der Waals surface area contributed by atoms with Gasteiger partial charge in [-0.25, -0.2) is 9.97 Å². The zero-order valence-electron chi connectivity index (χ0n) is 12.0. The summed E-state index contributed by atoms with van der Waals surface area (Å²) in [5.74, 6) is 1.60. The minimum absolute atomic E-state index is 0.0817. The van der Waals surface area contributed by atoms with Crippen LogP contribution in [-0.2, 0) is 0 Å². The van der Waals surface area contributed by atoms with Crippen molar-refractivity contribution in [3.05, 3.63) is 46.3 Å². The quantitative estimate of drug-likeness (QED) is 0.515.